The van der Waals surface area contributed by atoms with Crippen LogP contribution >= 0.6 is 11.3 Å². The summed E-state index contributed by atoms with van der Waals surface area (Å²) in [6, 6.07) is 8.48. The molecule has 1 aromatic heterocycles. The molecule has 2 rings (SSSR count). The molecule has 0 spiro atoms. The molecule has 1 heterocycles. The van der Waals surface area contributed by atoms with Crippen molar-refractivity contribution < 1.29 is 13.2 Å². The number of rotatable bonds is 6. The zero-order chi connectivity index (χ0) is 14.6. The standard InChI is InChI=1S/C13H16N2O3S2/c1-14-8-12-7-13(9-19-12)20(16,17)15-10-4-3-5-11(6-10)18-2/h3-7,9,14-15H,8H2,1-2H3. The highest BCUT2D eigenvalue weighted by molar-refractivity contribution is 7.92. The molecule has 0 fully saturated rings. The maximum Gasteiger partial charge on any atom is 0.262 e. The van der Waals surface area contributed by atoms with Gasteiger partial charge in [-0.25, -0.2) is 8.42 Å². The van der Waals surface area contributed by atoms with Gasteiger partial charge in [0.15, 0.2) is 0 Å². The van der Waals surface area contributed by atoms with Crippen LogP contribution in [0.1, 0.15) is 4.88 Å². The minimum atomic E-state index is -3.56. The summed E-state index contributed by atoms with van der Waals surface area (Å²) in [6.07, 6.45) is 0. The van der Waals surface area contributed by atoms with Crippen molar-refractivity contribution in [3.63, 3.8) is 0 Å². The van der Waals surface area contributed by atoms with Crippen LogP contribution in [0.3, 0.4) is 0 Å². The SMILES string of the molecule is CNCc1cc(S(=O)(=O)Nc2cccc(OC)c2)cs1. The van der Waals surface area contributed by atoms with Crippen molar-refractivity contribution in [3.8, 4) is 5.75 Å². The van der Waals surface area contributed by atoms with Gasteiger partial charge in [0, 0.05) is 22.9 Å². The number of hydrogen-bond donors (Lipinski definition) is 2. The Morgan fingerprint density at radius 2 is 2.10 bits per heavy atom. The monoisotopic (exact) mass is 312 g/mol. The summed E-state index contributed by atoms with van der Waals surface area (Å²) in [5.74, 6) is 0.603. The molecule has 0 saturated heterocycles. The average Bonchev–Trinajstić information content (AvgIpc) is 2.88. The van der Waals surface area contributed by atoms with Crippen LogP contribution in [-0.2, 0) is 16.6 Å². The summed E-state index contributed by atoms with van der Waals surface area (Å²) in [6.45, 7) is 0.652. The highest BCUT2D eigenvalue weighted by Crippen LogP contribution is 2.23. The number of ether oxygens (including phenoxy) is 1. The number of sulfonamides is 1. The Balaban J connectivity index is 2.21. The van der Waals surface area contributed by atoms with Gasteiger partial charge in [0.2, 0.25) is 0 Å². The molecular formula is C13H16N2O3S2. The lowest BCUT2D eigenvalue weighted by Gasteiger charge is -2.07. The van der Waals surface area contributed by atoms with Crippen molar-refractivity contribution in [3.05, 3.63) is 40.6 Å². The molecule has 0 aliphatic rings. The predicted molar refractivity (Wildman–Crippen MR) is 80.9 cm³/mol. The second-order valence-corrected chi connectivity index (χ2v) is 6.79. The van der Waals surface area contributed by atoms with E-state index in [-0.39, 0.29) is 4.90 Å². The largest absolute Gasteiger partial charge is 0.497 e. The molecule has 0 atom stereocenters. The van der Waals surface area contributed by atoms with Crippen molar-refractivity contribution in [2.75, 3.05) is 18.9 Å². The Morgan fingerprint density at radius 3 is 2.80 bits per heavy atom. The van der Waals surface area contributed by atoms with E-state index in [1.54, 1.807) is 35.7 Å². The number of nitrogens with one attached hydrogen (secondary N) is 2. The van der Waals surface area contributed by atoms with Crippen molar-refractivity contribution in [1.29, 1.82) is 0 Å². The van der Waals surface area contributed by atoms with E-state index in [9.17, 15) is 8.42 Å². The van der Waals surface area contributed by atoms with Gasteiger partial charge in [0.1, 0.15) is 5.75 Å². The van der Waals surface area contributed by atoms with Gasteiger partial charge in [0.05, 0.1) is 17.7 Å². The van der Waals surface area contributed by atoms with Crippen LogP contribution in [0.25, 0.3) is 0 Å². The Labute approximate surface area is 122 Å². The quantitative estimate of drug-likeness (QED) is 0.859. The van der Waals surface area contributed by atoms with Gasteiger partial charge in [-0.3, -0.25) is 4.72 Å². The summed E-state index contributed by atoms with van der Waals surface area (Å²) in [4.78, 5) is 1.24. The lowest BCUT2D eigenvalue weighted by atomic mass is 10.3. The van der Waals surface area contributed by atoms with E-state index in [0.29, 0.717) is 18.0 Å². The van der Waals surface area contributed by atoms with E-state index in [1.807, 2.05) is 7.05 Å². The molecule has 108 valence electrons. The lowest BCUT2D eigenvalue weighted by Crippen LogP contribution is -2.12. The van der Waals surface area contributed by atoms with Gasteiger partial charge in [0.25, 0.3) is 10.0 Å². The van der Waals surface area contributed by atoms with Gasteiger partial charge in [-0.15, -0.1) is 11.3 Å². The van der Waals surface area contributed by atoms with E-state index in [2.05, 4.69) is 10.0 Å². The summed E-state index contributed by atoms with van der Waals surface area (Å²) in [5.41, 5.74) is 0.478. The van der Waals surface area contributed by atoms with E-state index in [0.717, 1.165) is 4.88 Å². The normalized spacial score (nSPS) is 11.3. The fraction of sp³-hybridized carbons (Fsp3) is 0.231. The first-order chi connectivity index (χ1) is 9.55. The Hall–Kier alpha value is -1.57. The Morgan fingerprint density at radius 1 is 1.30 bits per heavy atom. The third kappa shape index (κ3) is 3.50. The Bertz CT molecular complexity index is 680. The molecular weight excluding hydrogens is 296 g/mol. The van der Waals surface area contributed by atoms with E-state index in [4.69, 9.17) is 4.74 Å². The van der Waals surface area contributed by atoms with Crippen LogP contribution in [0.2, 0.25) is 0 Å². The first-order valence-electron chi connectivity index (χ1n) is 5.94. The molecule has 1 aromatic carbocycles. The smallest absolute Gasteiger partial charge is 0.262 e. The number of thiophene rings is 1. The number of methoxy groups -OCH3 is 1. The molecule has 0 radical (unpaired) electrons. The summed E-state index contributed by atoms with van der Waals surface area (Å²) in [7, 11) is -0.199. The van der Waals surface area contributed by atoms with Crippen LogP contribution < -0.4 is 14.8 Å². The fourth-order valence-electron chi connectivity index (χ4n) is 1.67. The molecule has 5 nitrogen and oxygen atoms in total. The third-order valence-corrected chi connectivity index (χ3v) is 5.06. The molecule has 2 N–H and O–H groups in total. The Kier molecular flexibility index (Phi) is 4.64. The predicted octanol–water partition coefficient (Wildman–Crippen LogP) is 2.28. The van der Waals surface area contributed by atoms with Crippen LogP contribution in [0.5, 0.6) is 5.75 Å². The number of hydrogen-bond acceptors (Lipinski definition) is 5. The minimum Gasteiger partial charge on any atom is -0.497 e. The first kappa shape index (κ1) is 14.8. The number of anilines is 1. The molecule has 2 aromatic rings. The maximum absolute atomic E-state index is 12.3. The van der Waals surface area contributed by atoms with Crippen molar-refractivity contribution >= 4 is 27.0 Å². The summed E-state index contributed by atoms with van der Waals surface area (Å²) >= 11 is 1.41. The molecule has 0 amide bonds. The summed E-state index contributed by atoms with van der Waals surface area (Å²) in [5, 5.41) is 4.63. The van der Waals surface area contributed by atoms with Gasteiger partial charge in [-0.05, 0) is 25.2 Å². The molecule has 0 saturated carbocycles. The minimum absolute atomic E-state index is 0.274. The molecule has 0 bridgehead atoms. The topological polar surface area (TPSA) is 67.4 Å². The first-order valence-corrected chi connectivity index (χ1v) is 8.30. The second-order valence-electron chi connectivity index (χ2n) is 4.12. The van der Waals surface area contributed by atoms with E-state index in [1.165, 1.54) is 18.4 Å². The van der Waals surface area contributed by atoms with Gasteiger partial charge < -0.3 is 10.1 Å². The third-order valence-electron chi connectivity index (χ3n) is 2.61. The van der Waals surface area contributed by atoms with Crippen molar-refractivity contribution in [2.24, 2.45) is 0 Å². The molecule has 20 heavy (non-hydrogen) atoms. The van der Waals surface area contributed by atoms with Crippen LogP contribution in [0.15, 0.2) is 40.6 Å². The number of benzene rings is 1. The zero-order valence-electron chi connectivity index (χ0n) is 11.2. The lowest BCUT2D eigenvalue weighted by molar-refractivity contribution is 0.415. The average molecular weight is 312 g/mol. The van der Waals surface area contributed by atoms with Crippen molar-refractivity contribution in [2.45, 2.75) is 11.4 Å². The van der Waals surface area contributed by atoms with E-state index >= 15 is 0 Å². The van der Waals surface area contributed by atoms with Gasteiger partial charge in [-0.2, -0.15) is 0 Å². The maximum atomic E-state index is 12.3. The highest BCUT2D eigenvalue weighted by Gasteiger charge is 2.16. The fourth-order valence-corrected chi connectivity index (χ4v) is 4.01. The summed E-state index contributed by atoms with van der Waals surface area (Å²) < 4.78 is 32.1. The van der Waals surface area contributed by atoms with Crippen LogP contribution in [0, 0.1) is 0 Å². The van der Waals surface area contributed by atoms with Crippen molar-refractivity contribution in [1.82, 2.24) is 5.32 Å². The molecule has 0 aliphatic carbocycles. The second kappa shape index (κ2) is 6.25. The zero-order valence-corrected chi connectivity index (χ0v) is 12.8. The van der Waals surface area contributed by atoms with E-state index < -0.39 is 10.0 Å². The van der Waals surface area contributed by atoms with Crippen LogP contribution in [0.4, 0.5) is 5.69 Å². The van der Waals surface area contributed by atoms with Gasteiger partial charge >= 0.3 is 0 Å². The molecule has 0 unspecified atom stereocenters. The van der Waals surface area contributed by atoms with Gasteiger partial charge in [-0.1, -0.05) is 6.07 Å². The molecule has 7 heteroatoms. The highest BCUT2D eigenvalue weighted by atomic mass is 32.2. The molecule has 0 aliphatic heterocycles. The van der Waals surface area contributed by atoms with Crippen LogP contribution in [-0.4, -0.2) is 22.6 Å².